The lowest BCUT2D eigenvalue weighted by molar-refractivity contribution is -0.118. The van der Waals surface area contributed by atoms with Gasteiger partial charge in [-0.25, -0.2) is 0 Å². The van der Waals surface area contributed by atoms with Gasteiger partial charge in [-0.3, -0.25) is 4.79 Å². The zero-order valence-corrected chi connectivity index (χ0v) is 15.2. The van der Waals surface area contributed by atoms with Crippen molar-refractivity contribution in [1.82, 2.24) is 0 Å². The Hall–Kier alpha value is -1.14. The van der Waals surface area contributed by atoms with Crippen LogP contribution in [0.5, 0.6) is 0 Å². The van der Waals surface area contributed by atoms with Crippen LogP contribution in [-0.4, -0.2) is 31.8 Å². The van der Waals surface area contributed by atoms with E-state index in [1.165, 1.54) is 0 Å². The van der Waals surface area contributed by atoms with E-state index >= 15 is 0 Å². The fourth-order valence-electron chi connectivity index (χ4n) is 1.94. The molecule has 0 spiro atoms. The predicted octanol–water partition coefficient (Wildman–Crippen LogP) is 2.89. The number of amides is 1. The average Bonchev–Trinajstić information content (AvgIpc) is 2.49. The largest absolute Gasteiger partial charge is 0.379 e. The average molecular weight is 345 g/mol. The van der Waals surface area contributed by atoms with Crippen LogP contribution in [0.3, 0.4) is 0 Å². The summed E-state index contributed by atoms with van der Waals surface area (Å²) in [4.78, 5) is 12.1. The van der Waals surface area contributed by atoms with Crippen molar-refractivity contribution in [2.75, 3.05) is 25.1 Å². The second kappa shape index (κ2) is 11.4. The van der Waals surface area contributed by atoms with Crippen molar-refractivity contribution < 1.29 is 14.3 Å². The molecule has 0 radical (unpaired) electrons. The van der Waals surface area contributed by atoms with Crippen molar-refractivity contribution in [3.63, 3.8) is 0 Å². The Morgan fingerprint density at radius 1 is 1.26 bits per heavy atom. The molecule has 1 aromatic rings. The van der Waals surface area contributed by atoms with Gasteiger partial charge in [0.15, 0.2) is 0 Å². The Balaban J connectivity index is 0.00000484. The SMILES string of the molecule is CCOCCOCc1cccc(NC(=O)[C@@H](N)C(C)C)c1C.Cl. The summed E-state index contributed by atoms with van der Waals surface area (Å²) in [6.45, 7) is 10.1. The number of rotatable bonds is 9. The van der Waals surface area contributed by atoms with E-state index in [-0.39, 0.29) is 24.2 Å². The monoisotopic (exact) mass is 344 g/mol. The van der Waals surface area contributed by atoms with Gasteiger partial charge in [0, 0.05) is 12.3 Å². The molecular formula is C17H29ClN2O3. The first kappa shape index (κ1) is 21.9. The highest BCUT2D eigenvalue weighted by Gasteiger charge is 2.18. The number of benzene rings is 1. The summed E-state index contributed by atoms with van der Waals surface area (Å²) in [6, 6.07) is 5.27. The summed E-state index contributed by atoms with van der Waals surface area (Å²) in [6.07, 6.45) is 0. The van der Waals surface area contributed by atoms with E-state index in [1.54, 1.807) is 0 Å². The maximum Gasteiger partial charge on any atom is 0.241 e. The first-order chi connectivity index (χ1) is 10.5. The molecule has 0 aliphatic heterocycles. The van der Waals surface area contributed by atoms with E-state index in [0.717, 1.165) is 16.8 Å². The van der Waals surface area contributed by atoms with Crippen LogP contribution in [0, 0.1) is 12.8 Å². The highest BCUT2D eigenvalue weighted by molar-refractivity contribution is 5.95. The van der Waals surface area contributed by atoms with Crippen LogP contribution in [0.25, 0.3) is 0 Å². The third kappa shape index (κ3) is 7.31. The molecule has 1 rings (SSSR count). The molecule has 0 aromatic heterocycles. The highest BCUT2D eigenvalue weighted by atomic mass is 35.5. The number of nitrogens with two attached hydrogens (primary N) is 1. The van der Waals surface area contributed by atoms with Gasteiger partial charge in [0.1, 0.15) is 0 Å². The molecule has 0 heterocycles. The van der Waals surface area contributed by atoms with Crippen molar-refractivity contribution >= 4 is 24.0 Å². The summed E-state index contributed by atoms with van der Waals surface area (Å²) in [5.41, 5.74) is 8.71. The van der Waals surface area contributed by atoms with Gasteiger partial charge >= 0.3 is 0 Å². The molecule has 0 aliphatic rings. The molecule has 3 N–H and O–H groups in total. The van der Waals surface area contributed by atoms with E-state index in [2.05, 4.69) is 5.32 Å². The van der Waals surface area contributed by atoms with Gasteiger partial charge in [0.25, 0.3) is 0 Å². The first-order valence-corrected chi connectivity index (χ1v) is 7.77. The second-order valence-corrected chi connectivity index (χ2v) is 5.60. The molecule has 0 fully saturated rings. The predicted molar refractivity (Wildman–Crippen MR) is 96.0 cm³/mol. The van der Waals surface area contributed by atoms with Crippen molar-refractivity contribution in [1.29, 1.82) is 0 Å². The summed E-state index contributed by atoms with van der Waals surface area (Å²) in [7, 11) is 0. The van der Waals surface area contributed by atoms with Crippen LogP contribution < -0.4 is 11.1 Å². The molecule has 5 nitrogen and oxygen atoms in total. The first-order valence-electron chi connectivity index (χ1n) is 7.77. The third-order valence-electron chi connectivity index (χ3n) is 3.56. The number of halogens is 1. The van der Waals surface area contributed by atoms with E-state index in [1.807, 2.05) is 45.9 Å². The minimum atomic E-state index is -0.509. The second-order valence-electron chi connectivity index (χ2n) is 5.60. The highest BCUT2D eigenvalue weighted by Crippen LogP contribution is 2.20. The maximum atomic E-state index is 12.1. The number of anilines is 1. The number of carbonyl (C=O) groups excluding carboxylic acids is 1. The lowest BCUT2D eigenvalue weighted by Crippen LogP contribution is -2.39. The quantitative estimate of drug-likeness (QED) is 0.675. The molecule has 0 aliphatic carbocycles. The molecule has 132 valence electrons. The normalized spacial score (nSPS) is 11.9. The molecule has 1 aromatic carbocycles. The molecule has 0 saturated carbocycles. The van der Waals surface area contributed by atoms with Gasteiger partial charge in [0.2, 0.25) is 5.91 Å². The molecule has 1 atom stereocenters. The zero-order chi connectivity index (χ0) is 16.5. The minimum Gasteiger partial charge on any atom is -0.379 e. The summed E-state index contributed by atoms with van der Waals surface area (Å²) in [5.74, 6) is -0.0575. The number of hydrogen-bond acceptors (Lipinski definition) is 4. The fraction of sp³-hybridized carbons (Fsp3) is 0.588. The number of hydrogen-bond donors (Lipinski definition) is 2. The number of ether oxygens (including phenoxy) is 2. The molecule has 0 saturated heterocycles. The molecule has 23 heavy (non-hydrogen) atoms. The molecular weight excluding hydrogens is 316 g/mol. The van der Waals surface area contributed by atoms with Crippen molar-refractivity contribution in [3.8, 4) is 0 Å². The van der Waals surface area contributed by atoms with Gasteiger partial charge in [-0.05, 0) is 37.0 Å². The van der Waals surface area contributed by atoms with Crippen LogP contribution in [0.1, 0.15) is 31.9 Å². The molecule has 0 bridgehead atoms. The molecule has 1 amide bonds. The van der Waals surface area contributed by atoms with Crippen molar-refractivity contribution in [3.05, 3.63) is 29.3 Å². The summed E-state index contributed by atoms with van der Waals surface area (Å²) < 4.78 is 10.8. The van der Waals surface area contributed by atoms with Crippen LogP contribution >= 0.6 is 12.4 Å². The van der Waals surface area contributed by atoms with E-state index in [9.17, 15) is 4.79 Å². The Morgan fingerprint density at radius 2 is 1.91 bits per heavy atom. The van der Waals surface area contributed by atoms with Crippen LogP contribution in [-0.2, 0) is 20.9 Å². The summed E-state index contributed by atoms with van der Waals surface area (Å²) >= 11 is 0. The van der Waals surface area contributed by atoms with Gasteiger partial charge in [0.05, 0.1) is 25.9 Å². The summed E-state index contributed by atoms with van der Waals surface area (Å²) in [5, 5.41) is 2.90. The van der Waals surface area contributed by atoms with E-state index in [4.69, 9.17) is 15.2 Å². The van der Waals surface area contributed by atoms with E-state index in [0.29, 0.717) is 26.4 Å². The standard InChI is InChI=1S/C17H28N2O3.ClH/c1-5-21-9-10-22-11-14-7-6-8-15(13(14)4)19-17(20)16(18)12(2)3;/h6-8,12,16H,5,9-11,18H2,1-4H3,(H,19,20);1H/t16-;/m0./s1. The lowest BCUT2D eigenvalue weighted by Gasteiger charge is -2.17. The molecule has 0 unspecified atom stereocenters. The number of carbonyl (C=O) groups is 1. The Kier molecular flexibility index (Phi) is 10.8. The minimum absolute atomic E-state index is 0. The Labute approximate surface area is 145 Å². The van der Waals surface area contributed by atoms with Crippen molar-refractivity contribution in [2.24, 2.45) is 11.7 Å². The van der Waals surface area contributed by atoms with E-state index < -0.39 is 6.04 Å². The van der Waals surface area contributed by atoms with Gasteiger partial charge in [-0.15, -0.1) is 12.4 Å². The maximum absolute atomic E-state index is 12.1. The van der Waals surface area contributed by atoms with Crippen LogP contribution in [0.4, 0.5) is 5.69 Å². The topological polar surface area (TPSA) is 73.6 Å². The smallest absolute Gasteiger partial charge is 0.241 e. The van der Waals surface area contributed by atoms with Gasteiger partial charge in [-0.2, -0.15) is 0 Å². The van der Waals surface area contributed by atoms with Crippen LogP contribution in [0.2, 0.25) is 0 Å². The Bertz CT molecular complexity index is 481. The number of nitrogens with one attached hydrogen (secondary N) is 1. The Morgan fingerprint density at radius 3 is 2.52 bits per heavy atom. The van der Waals surface area contributed by atoms with Crippen LogP contribution in [0.15, 0.2) is 18.2 Å². The van der Waals surface area contributed by atoms with Gasteiger partial charge < -0.3 is 20.5 Å². The lowest BCUT2D eigenvalue weighted by atomic mass is 10.0. The zero-order valence-electron chi connectivity index (χ0n) is 14.4. The third-order valence-corrected chi connectivity index (χ3v) is 3.56. The van der Waals surface area contributed by atoms with Gasteiger partial charge in [-0.1, -0.05) is 26.0 Å². The molecule has 6 heteroatoms. The fourth-order valence-corrected chi connectivity index (χ4v) is 1.94. The van der Waals surface area contributed by atoms with Crippen molar-refractivity contribution in [2.45, 2.75) is 40.3 Å².